The Hall–Kier alpha value is -1.53. The number of fused-ring (bicyclic) bond motifs is 1. The number of likely N-dealkylation sites (tertiary alicyclic amines) is 1. The van der Waals surface area contributed by atoms with Gasteiger partial charge >= 0.3 is 0 Å². The van der Waals surface area contributed by atoms with Gasteiger partial charge in [-0.15, -0.1) is 4.31 Å². The average molecular weight is 371 g/mol. The van der Waals surface area contributed by atoms with Gasteiger partial charge in [0.25, 0.3) is 0 Å². The minimum atomic E-state index is -3.52. The van der Waals surface area contributed by atoms with E-state index in [0.29, 0.717) is 18.0 Å². The third-order valence-electron chi connectivity index (χ3n) is 6.03. The van der Waals surface area contributed by atoms with E-state index in [1.165, 1.54) is 12.0 Å². The first-order valence-electron chi connectivity index (χ1n) is 9.35. The molecule has 2 atom stereocenters. The van der Waals surface area contributed by atoms with Crippen LogP contribution in [-0.2, 0) is 27.6 Å². The lowest BCUT2D eigenvalue weighted by Gasteiger charge is -2.46. The Bertz CT molecular complexity index is 826. The maximum atomic E-state index is 13.4. The van der Waals surface area contributed by atoms with Crippen LogP contribution >= 0.6 is 0 Å². The number of benzene rings is 2. The van der Waals surface area contributed by atoms with Crippen molar-refractivity contribution >= 4 is 10.4 Å². The molecule has 2 aliphatic heterocycles. The minimum absolute atomic E-state index is 0.118. The Morgan fingerprint density at radius 1 is 1.00 bits per heavy atom. The third kappa shape index (κ3) is 3.14. The summed E-state index contributed by atoms with van der Waals surface area (Å²) in [5, 5.41) is 0. The maximum Gasteiger partial charge on any atom is 0.175 e. The van der Waals surface area contributed by atoms with Gasteiger partial charge in [-0.1, -0.05) is 53.1 Å². The standard InChI is InChI=1S/C21H26N2O2S/c1-22-14-8-7-13-21(22)15-18-9-5-6-10-19(18)16-23(17-21)26(24,25)20-11-3-2-4-12-20/h2-6,9-12H,7-8,13-17H2,1H3. The summed E-state index contributed by atoms with van der Waals surface area (Å²) < 4.78 is 28.5. The second-order valence-electron chi connectivity index (χ2n) is 7.63. The van der Waals surface area contributed by atoms with E-state index in [2.05, 4.69) is 30.1 Å². The van der Waals surface area contributed by atoms with Gasteiger partial charge in [-0.2, -0.15) is 0 Å². The van der Waals surface area contributed by atoms with Crippen LogP contribution in [0.4, 0.5) is 0 Å². The largest absolute Gasteiger partial charge is 0.593 e. The molecule has 0 aromatic heterocycles. The summed E-state index contributed by atoms with van der Waals surface area (Å²) in [5.74, 6) is 0. The summed E-state index contributed by atoms with van der Waals surface area (Å²) in [6.45, 7) is 2.03. The molecule has 5 heteroatoms. The molecule has 1 fully saturated rings. The normalized spacial score (nSPS) is 26.8. The molecule has 4 nitrogen and oxygen atoms in total. The van der Waals surface area contributed by atoms with Crippen molar-refractivity contribution in [3.05, 3.63) is 65.7 Å². The molecule has 0 N–H and O–H groups in total. The van der Waals surface area contributed by atoms with Crippen molar-refractivity contribution in [2.24, 2.45) is 0 Å². The summed E-state index contributed by atoms with van der Waals surface area (Å²) in [7, 11) is -1.37. The zero-order valence-electron chi connectivity index (χ0n) is 15.3. The van der Waals surface area contributed by atoms with Gasteiger partial charge in [0, 0.05) is 5.54 Å². The lowest BCUT2D eigenvalue weighted by atomic mass is 9.81. The summed E-state index contributed by atoms with van der Waals surface area (Å²) in [6.07, 6.45) is 4.30. The highest BCUT2D eigenvalue weighted by Gasteiger charge is 2.45. The first-order chi connectivity index (χ1) is 12.5. The molecule has 1 saturated heterocycles. The van der Waals surface area contributed by atoms with E-state index < -0.39 is 10.4 Å². The molecule has 2 aromatic carbocycles. The van der Waals surface area contributed by atoms with Crippen molar-refractivity contribution in [1.29, 1.82) is 0 Å². The quantitative estimate of drug-likeness (QED) is 0.760. The molecule has 4 rings (SSSR count). The monoisotopic (exact) mass is 370 g/mol. The third-order valence-corrected chi connectivity index (χ3v) is 7.84. The summed E-state index contributed by atoms with van der Waals surface area (Å²) in [6, 6.07) is 17.1. The molecule has 2 heterocycles. The van der Waals surface area contributed by atoms with Gasteiger partial charge in [0.1, 0.15) is 0 Å². The predicted molar refractivity (Wildman–Crippen MR) is 103 cm³/mol. The SMILES string of the molecule is CN1CCCCC12Cc1ccccc1CN([S+](=O)([O-])c1ccccc1)C2. The molecule has 0 amide bonds. The molecule has 0 bridgehead atoms. The van der Waals surface area contributed by atoms with Gasteiger partial charge < -0.3 is 4.55 Å². The van der Waals surface area contributed by atoms with Gasteiger partial charge in [-0.3, -0.25) is 4.90 Å². The van der Waals surface area contributed by atoms with Gasteiger partial charge in [-0.05, 0) is 56.1 Å². The fraction of sp³-hybridized carbons (Fsp3) is 0.429. The molecular weight excluding hydrogens is 344 g/mol. The molecule has 0 aliphatic carbocycles. The van der Waals surface area contributed by atoms with E-state index in [0.717, 1.165) is 31.4 Å². The second-order valence-corrected chi connectivity index (χ2v) is 9.57. The van der Waals surface area contributed by atoms with Gasteiger partial charge in [0.05, 0.1) is 13.1 Å². The van der Waals surface area contributed by atoms with Crippen molar-refractivity contribution < 1.29 is 8.76 Å². The van der Waals surface area contributed by atoms with Crippen LogP contribution in [0.2, 0.25) is 0 Å². The van der Waals surface area contributed by atoms with E-state index in [-0.39, 0.29) is 5.54 Å². The molecule has 2 aromatic rings. The van der Waals surface area contributed by atoms with Crippen LogP contribution in [0.25, 0.3) is 0 Å². The van der Waals surface area contributed by atoms with Crippen LogP contribution < -0.4 is 0 Å². The highest BCUT2D eigenvalue weighted by Crippen LogP contribution is 2.38. The van der Waals surface area contributed by atoms with Crippen molar-refractivity contribution in [1.82, 2.24) is 9.21 Å². The predicted octanol–water partition coefficient (Wildman–Crippen LogP) is 3.50. The van der Waals surface area contributed by atoms with E-state index >= 15 is 0 Å². The molecule has 1 spiro atoms. The van der Waals surface area contributed by atoms with Crippen LogP contribution in [0.5, 0.6) is 0 Å². The summed E-state index contributed by atoms with van der Waals surface area (Å²) in [4.78, 5) is 2.78. The minimum Gasteiger partial charge on any atom is -0.593 e. The highest BCUT2D eigenvalue weighted by atomic mass is 32.3. The van der Waals surface area contributed by atoms with E-state index in [9.17, 15) is 8.76 Å². The number of likely N-dealkylation sites (N-methyl/N-ethyl adjacent to an activating group) is 1. The van der Waals surface area contributed by atoms with Crippen LogP contribution in [0.3, 0.4) is 0 Å². The highest BCUT2D eigenvalue weighted by molar-refractivity contribution is 7.95. The molecule has 0 radical (unpaired) electrons. The Morgan fingerprint density at radius 2 is 1.69 bits per heavy atom. The van der Waals surface area contributed by atoms with E-state index in [1.807, 2.05) is 12.1 Å². The van der Waals surface area contributed by atoms with Crippen LogP contribution in [0.1, 0.15) is 30.4 Å². The molecular formula is C21H26N2O2S. The zero-order chi connectivity index (χ0) is 18.2. The first kappa shape index (κ1) is 17.9. The van der Waals surface area contributed by atoms with Crippen LogP contribution in [-0.4, -0.2) is 39.4 Å². The van der Waals surface area contributed by atoms with Crippen molar-refractivity contribution in [3.8, 4) is 0 Å². The molecule has 2 aliphatic rings. The number of hydrogen-bond acceptors (Lipinski definition) is 3. The van der Waals surface area contributed by atoms with Crippen molar-refractivity contribution in [3.63, 3.8) is 0 Å². The Kier molecular flexibility index (Phi) is 4.73. The van der Waals surface area contributed by atoms with Crippen LogP contribution in [0.15, 0.2) is 59.5 Å². The Morgan fingerprint density at radius 3 is 2.42 bits per heavy atom. The summed E-state index contributed by atoms with van der Waals surface area (Å²) in [5.41, 5.74) is 2.29. The van der Waals surface area contributed by atoms with E-state index in [1.54, 1.807) is 28.6 Å². The van der Waals surface area contributed by atoms with Crippen LogP contribution in [0, 0.1) is 0 Å². The fourth-order valence-electron chi connectivity index (χ4n) is 4.43. The number of rotatable bonds is 2. The van der Waals surface area contributed by atoms with Gasteiger partial charge in [-0.25, -0.2) is 0 Å². The first-order valence-corrected chi connectivity index (χ1v) is 10.8. The lowest BCUT2D eigenvalue weighted by molar-refractivity contribution is 0.0555. The molecule has 26 heavy (non-hydrogen) atoms. The number of nitrogens with zero attached hydrogens (tertiary/aromatic N) is 2. The Balaban J connectivity index is 1.78. The van der Waals surface area contributed by atoms with E-state index in [4.69, 9.17) is 0 Å². The number of sulfonamides is 1. The molecule has 0 saturated carbocycles. The average Bonchev–Trinajstić information content (AvgIpc) is 2.83. The lowest BCUT2D eigenvalue weighted by Crippen LogP contribution is -2.58. The Labute approximate surface area is 157 Å². The van der Waals surface area contributed by atoms with Gasteiger partial charge in [0.15, 0.2) is 15.3 Å². The summed E-state index contributed by atoms with van der Waals surface area (Å²) >= 11 is 0. The fourth-order valence-corrected chi connectivity index (χ4v) is 5.95. The smallest absolute Gasteiger partial charge is 0.175 e. The van der Waals surface area contributed by atoms with Gasteiger partial charge in [0.2, 0.25) is 0 Å². The van der Waals surface area contributed by atoms with Crippen molar-refractivity contribution in [2.45, 2.75) is 42.7 Å². The van der Waals surface area contributed by atoms with Crippen molar-refractivity contribution in [2.75, 3.05) is 20.1 Å². The topological polar surface area (TPSA) is 46.6 Å². The number of piperidine rings is 1. The maximum absolute atomic E-state index is 13.4. The second kappa shape index (κ2) is 6.89. The number of hydrogen-bond donors (Lipinski definition) is 0. The zero-order valence-corrected chi connectivity index (χ0v) is 16.1. The molecule has 138 valence electrons. The molecule has 2 unspecified atom stereocenters.